The number of carbonyl (C=O) groups is 3. The van der Waals surface area contributed by atoms with E-state index in [4.69, 9.17) is 4.98 Å². The van der Waals surface area contributed by atoms with Gasteiger partial charge >= 0.3 is 0 Å². The van der Waals surface area contributed by atoms with Crippen LogP contribution in [0.2, 0.25) is 0 Å². The molecule has 0 bridgehead atoms. The van der Waals surface area contributed by atoms with Gasteiger partial charge in [-0.25, -0.2) is 13.4 Å². The molecule has 1 N–H and O–H groups in total. The molecule has 2 aliphatic heterocycles. The monoisotopic (exact) mass is 549 g/mol. The highest BCUT2D eigenvalue weighted by molar-refractivity contribution is 7.91. The van der Waals surface area contributed by atoms with Crippen LogP contribution < -0.4 is 5.32 Å². The van der Waals surface area contributed by atoms with Crippen LogP contribution in [0.1, 0.15) is 46.0 Å². The molecule has 3 heterocycles. The van der Waals surface area contributed by atoms with E-state index in [0.29, 0.717) is 47.6 Å². The van der Waals surface area contributed by atoms with Gasteiger partial charge in [0, 0.05) is 31.7 Å². The number of hydrogen-bond acceptors (Lipinski definition) is 6. The first-order valence-corrected chi connectivity index (χ1v) is 14.9. The van der Waals surface area contributed by atoms with Crippen molar-refractivity contribution in [2.45, 2.75) is 25.3 Å². The molecule has 0 aliphatic carbocycles. The topological polar surface area (TPSA) is 122 Å². The second-order valence-corrected chi connectivity index (χ2v) is 12.2. The third-order valence-corrected chi connectivity index (χ3v) is 8.94. The summed E-state index contributed by atoms with van der Waals surface area (Å²) < 4.78 is 25.8. The lowest BCUT2D eigenvalue weighted by Gasteiger charge is -2.28. The van der Waals surface area contributed by atoms with Crippen molar-refractivity contribution >= 4 is 44.5 Å². The predicted molar refractivity (Wildman–Crippen MR) is 148 cm³/mol. The number of anilines is 1. The molecule has 2 aliphatic rings. The molecular formula is C28H31N5O5S. The van der Waals surface area contributed by atoms with E-state index in [-0.39, 0.29) is 48.4 Å². The maximum Gasteiger partial charge on any atom is 0.257 e. The molecule has 0 saturated carbocycles. The first-order chi connectivity index (χ1) is 18.8. The molecule has 5 rings (SSSR count). The predicted octanol–water partition coefficient (Wildman–Crippen LogP) is 2.90. The van der Waals surface area contributed by atoms with E-state index in [2.05, 4.69) is 11.9 Å². The van der Waals surface area contributed by atoms with E-state index in [9.17, 15) is 22.8 Å². The van der Waals surface area contributed by atoms with Crippen LogP contribution >= 0.6 is 0 Å². The van der Waals surface area contributed by atoms with Crippen LogP contribution in [0, 0.1) is 0 Å². The molecule has 204 valence electrons. The molecule has 2 aromatic carbocycles. The number of nitrogens with one attached hydrogen (secondary N) is 1. The van der Waals surface area contributed by atoms with E-state index in [1.54, 1.807) is 52.3 Å². The smallest absolute Gasteiger partial charge is 0.257 e. The molecule has 3 aromatic rings. The van der Waals surface area contributed by atoms with E-state index in [1.165, 1.54) is 6.08 Å². The summed E-state index contributed by atoms with van der Waals surface area (Å²) in [5.74, 6) is -0.661. The molecule has 39 heavy (non-hydrogen) atoms. The molecule has 2 fully saturated rings. The van der Waals surface area contributed by atoms with Gasteiger partial charge in [0.1, 0.15) is 0 Å². The first-order valence-electron chi connectivity index (χ1n) is 13.1. The van der Waals surface area contributed by atoms with E-state index >= 15 is 0 Å². The third-order valence-electron chi connectivity index (χ3n) is 7.33. The average molecular weight is 550 g/mol. The highest BCUT2D eigenvalue weighted by Crippen LogP contribution is 2.33. The van der Waals surface area contributed by atoms with Gasteiger partial charge in [0.2, 0.25) is 11.9 Å². The Balaban J connectivity index is 1.60. The fourth-order valence-electron chi connectivity index (χ4n) is 5.27. The highest BCUT2D eigenvalue weighted by Gasteiger charge is 2.31. The zero-order chi connectivity index (χ0) is 27.6. The van der Waals surface area contributed by atoms with Gasteiger partial charge in [-0.15, -0.1) is 0 Å². The number of amides is 3. The summed E-state index contributed by atoms with van der Waals surface area (Å²) in [5, 5.41) is 2.93. The Bertz CT molecular complexity index is 1520. The second-order valence-electron chi connectivity index (χ2n) is 9.88. The molecule has 0 radical (unpaired) electrons. The van der Waals surface area contributed by atoms with E-state index < -0.39 is 9.84 Å². The van der Waals surface area contributed by atoms with Crippen LogP contribution in [0.5, 0.6) is 0 Å². The number of hydrogen-bond donors (Lipinski definition) is 1. The van der Waals surface area contributed by atoms with Crippen molar-refractivity contribution in [2.24, 2.45) is 0 Å². The van der Waals surface area contributed by atoms with E-state index in [0.717, 1.165) is 12.8 Å². The molecule has 11 heteroatoms. The standard InChI is InChI=1S/C28H31N5O5S/c1-2-24(34)32-14-7-6-11-21(19-32)33-25-22(27(36)31-15-17-39(37,38)18-16-31)12-8-13-23(25)29-28(33)30-26(35)20-9-4-3-5-10-20/h2-5,8-10,12-13,21H,1,6-7,11,14-19H2,(H,29,30,35). The number of benzene rings is 2. The summed E-state index contributed by atoms with van der Waals surface area (Å²) in [6.07, 6.45) is 3.68. The largest absolute Gasteiger partial charge is 0.337 e. The Hall–Kier alpha value is -3.99. The number of likely N-dealkylation sites (tertiary alicyclic amines) is 1. The van der Waals surface area contributed by atoms with Crippen molar-refractivity contribution < 1.29 is 22.8 Å². The van der Waals surface area contributed by atoms with Gasteiger partial charge in [-0.2, -0.15) is 0 Å². The van der Waals surface area contributed by atoms with Crippen LogP contribution in [-0.4, -0.2) is 83.2 Å². The lowest BCUT2D eigenvalue weighted by atomic mass is 10.1. The summed E-state index contributed by atoms with van der Waals surface area (Å²) in [6, 6.07) is 13.8. The minimum Gasteiger partial charge on any atom is -0.337 e. The Labute approximate surface area is 227 Å². The summed E-state index contributed by atoms with van der Waals surface area (Å²) in [4.78, 5) is 47.5. The minimum atomic E-state index is -3.16. The summed E-state index contributed by atoms with van der Waals surface area (Å²) in [6.45, 7) is 4.83. The Morgan fingerprint density at radius 3 is 2.41 bits per heavy atom. The van der Waals surface area contributed by atoms with Gasteiger partial charge in [0.25, 0.3) is 11.8 Å². The normalized spacial score (nSPS) is 19.3. The van der Waals surface area contributed by atoms with Gasteiger partial charge in [-0.1, -0.05) is 30.8 Å². The van der Waals surface area contributed by atoms with Crippen molar-refractivity contribution in [1.82, 2.24) is 19.4 Å². The van der Waals surface area contributed by atoms with Crippen LogP contribution in [0.25, 0.3) is 11.0 Å². The third kappa shape index (κ3) is 5.58. The SMILES string of the molecule is C=CC(=O)N1CCCCC(n2c(NC(=O)c3ccccc3)nc3cccc(C(=O)N4CCS(=O)(=O)CC4)c32)C1. The number of imidazole rings is 1. The van der Waals surface area contributed by atoms with Crippen molar-refractivity contribution in [3.63, 3.8) is 0 Å². The van der Waals surface area contributed by atoms with Gasteiger partial charge in [-0.3, -0.25) is 19.7 Å². The average Bonchev–Trinajstić information content (AvgIpc) is 3.13. The zero-order valence-electron chi connectivity index (χ0n) is 21.6. The summed E-state index contributed by atoms with van der Waals surface area (Å²) in [7, 11) is -3.16. The maximum atomic E-state index is 13.7. The summed E-state index contributed by atoms with van der Waals surface area (Å²) in [5.41, 5.74) is 1.92. The Morgan fingerprint density at radius 2 is 1.69 bits per heavy atom. The first kappa shape index (κ1) is 26.6. The maximum absolute atomic E-state index is 13.7. The Morgan fingerprint density at radius 1 is 0.949 bits per heavy atom. The van der Waals surface area contributed by atoms with Crippen molar-refractivity contribution in [3.05, 3.63) is 72.3 Å². The molecule has 10 nitrogen and oxygen atoms in total. The van der Waals surface area contributed by atoms with Crippen LogP contribution in [0.4, 0.5) is 5.95 Å². The molecule has 1 aromatic heterocycles. The fourth-order valence-corrected chi connectivity index (χ4v) is 6.47. The van der Waals surface area contributed by atoms with Gasteiger partial charge < -0.3 is 14.4 Å². The molecule has 2 saturated heterocycles. The van der Waals surface area contributed by atoms with Gasteiger partial charge in [-0.05, 0) is 49.6 Å². The van der Waals surface area contributed by atoms with Crippen molar-refractivity contribution in [3.8, 4) is 0 Å². The van der Waals surface area contributed by atoms with Gasteiger partial charge in [0.05, 0.1) is 34.1 Å². The number of sulfone groups is 1. The number of aromatic nitrogens is 2. The number of para-hydroxylation sites is 1. The summed E-state index contributed by atoms with van der Waals surface area (Å²) >= 11 is 0. The second kappa shape index (κ2) is 11.0. The highest BCUT2D eigenvalue weighted by atomic mass is 32.2. The minimum absolute atomic E-state index is 0.0758. The van der Waals surface area contributed by atoms with Crippen LogP contribution in [0.3, 0.4) is 0 Å². The molecule has 3 amide bonds. The van der Waals surface area contributed by atoms with E-state index in [1.807, 2.05) is 10.6 Å². The number of rotatable bonds is 5. The van der Waals surface area contributed by atoms with Crippen molar-refractivity contribution in [2.75, 3.05) is 43.0 Å². The zero-order valence-corrected chi connectivity index (χ0v) is 22.4. The fraction of sp³-hybridized carbons (Fsp3) is 0.357. The van der Waals surface area contributed by atoms with Gasteiger partial charge in [0.15, 0.2) is 9.84 Å². The molecule has 0 spiro atoms. The molecular weight excluding hydrogens is 518 g/mol. The lowest BCUT2D eigenvalue weighted by molar-refractivity contribution is -0.126. The van der Waals surface area contributed by atoms with Crippen LogP contribution in [-0.2, 0) is 14.6 Å². The molecule has 1 unspecified atom stereocenters. The number of carbonyl (C=O) groups excluding carboxylic acids is 3. The Kier molecular flexibility index (Phi) is 7.51. The lowest BCUT2D eigenvalue weighted by Crippen LogP contribution is -2.43. The number of nitrogens with zero attached hydrogens (tertiary/aromatic N) is 4. The van der Waals surface area contributed by atoms with Crippen molar-refractivity contribution in [1.29, 1.82) is 0 Å². The quantitative estimate of drug-likeness (QED) is 0.489. The van der Waals surface area contributed by atoms with Crippen LogP contribution in [0.15, 0.2) is 61.2 Å². The number of fused-ring (bicyclic) bond motifs is 1. The molecule has 1 atom stereocenters.